The molecule has 0 bridgehead atoms. The summed E-state index contributed by atoms with van der Waals surface area (Å²) in [6, 6.07) is 5.33. The number of nitrogen functional groups attached to an aromatic ring is 1. The summed E-state index contributed by atoms with van der Waals surface area (Å²) in [5.41, 5.74) is 3.05. The SMILES string of the molecule is N#Cc1c(N)[nH]c(=O)c(C#N)c1-c1c(Br)ccc(F)c1F. The summed E-state index contributed by atoms with van der Waals surface area (Å²) in [5, 5.41) is 18.2. The number of hydrogen-bond acceptors (Lipinski definition) is 4. The Morgan fingerprint density at radius 3 is 2.33 bits per heavy atom. The number of hydrogen-bond donors (Lipinski definition) is 2. The summed E-state index contributed by atoms with van der Waals surface area (Å²) in [6.07, 6.45) is 0. The fraction of sp³-hybridized carbons (Fsp3) is 0. The number of pyridine rings is 1. The number of benzene rings is 1. The quantitative estimate of drug-likeness (QED) is 0.770. The second-order valence-corrected chi connectivity index (χ2v) is 4.79. The van der Waals surface area contributed by atoms with Gasteiger partial charge in [0.1, 0.15) is 29.1 Å². The molecule has 0 saturated carbocycles. The Morgan fingerprint density at radius 2 is 1.76 bits per heavy atom. The maximum atomic E-state index is 14.1. The normalized spacial score (nSPS) is 9.95. The summed E-state index contributed by atoms with van der Waals surface area (Å²) >= 11 is 3.02. The lowest BCUT2D eigenvalue weighted by Crippen LogP contribution is -2.17. The molecular formula is C13H5BrF2N4O. The van der Waals surface area contributed by atoms with Crippen LogP contribution in [0.5, 0.6) is 0 Å². The summed E-state index contributed by atoms with van der Waals surface area (Å²) in [7, 11) is 0. The van der Waals surface area contributed by atoms with E-state index in [9.17, 15) is 13.6 Å². The number of H-pyrrole nitrogens is 1. The van der Waals surface area contributed by atoms with Crippen LogP contribution in [0.2, 0.25) is 0 Å². The van der Waals surface area contributed by atoms with Crippen molar-refractivity contribution in [3.63, 3.8) is 0 Å². The maximum Gasteiger partial charge on any atom is 0.268 e. The largest absolute Gasteiger partial charge is 0.384 e. The average Bonchev–Trinajstić information content (AvgIpc) is 2.43. The topological polar surface area (TPSA) is 106 Å². The zero-order chi connectivity index (χ0) is 15.7. The number of halogens is 3. The Labute approximate surface area is 125 Å². The van der Waals surface area contributed by atoms with Crippen LogP contribution in [0.3, 0.4) is 0 Å². The Balaban J connectivity index is 3.09. The molecule has 8 heteroatoms. The molecule has 1 aromatic carbocycles. The molecule has 104 valence electrons. The van der Waals surface area contributed by atoms with Crippen molar-refractivity contribution in [2.24, 2.45) is 0 Å². The third-order valence-electron chi connectivity index (χ3n) is 2.76. The smallest absolute Gasteiger partial charge is 0.268 e. The average molecular weight is 351 g/mol. The van der Waals surface area contributed by atoms with Crippen molar-refractivity contribution in [1.82, 2.24) is 4.98 Å². The molecule has 0 atom stereocenters. The number of aromatic amines is 1. The first-order valence-corrected chi connectivity index (χ1v) is 6.21. The molecule has 0 aliphatic heterocycles. The van der Waals surface area contributed by atoms with Gasteiger partial charge in [-0.3, -0.25) is 4.79 Å². The fourth-order valence-corrected chi connectivity index (χ4v) is 2.35. The molecule has 0 spiro atoms. The molecule has 0 fully saturated rings. The second kappa shape index (κ2) is 5.35. The minimum Gasteiger partial charge on any atom is -0.384 e. The van der Waals surface area contributed by atoms with Gasteiger partial charge in [-0.15, -0.1) is 0 Å². The second-order valence-electron chi connectivity index (χ2n) is 3.93. The van der Waals surface area contributed by atoms with Gasteiger partial charge in [-0.1, -0.05) is 15.9 Å². The lowest BCUT2D eigenvalue weighted by atomic mass is 9.96. The van der Waals surface area contributed by atoms with Crippen molar-refractivity contribution < 1.29 is 8.78 Å². The van der Waals surface area contributed by atoms with Crippen LogP contribution in [-0.2, 0) is 0 Å². The van der Waals surface area contributed by atoms with Crippen LogP contribution >= 0.6 is 15.9 Å². The van der Waals surface area contributed by atoms with Gasteiger partial charge in [0.15, 0.2) is 11.6 Å². The predicted octanol–water partition coefficient (Wildman–Crippen LogP) is 2.41. The highest BCUT2D eigenvalue weighted by Crippen LogP contribution is 2.36. The molecule has 0 amide bonds. The van der Waals surface area contributed by atoms with Crippen molar-refractivity contribution in [3.05, 3.63) is 49.7 Å². The summed E-state index contributed by atoms with van der Waals surface area (Å²) in [5.74, 6) is -2.80. The molecule has 0 aliphatic carbocycles. The Morgan fingerprint density at radius 1 is 1.14 bits per heavy atom. The molecule has 5 nitrogen and oxygen atoms in total. The number of anilines is 1. The van der Waals surface area contributed by atoms with Crippen molar-refractivity contribution in [1.29, 1.82) is 10.5 Å². The third-order valence-corrected chi connectivity index (χ3v) is 3.42. The lowest BCUT2D eigenvalue weighted by molar-refractivity contribution is 0.510. The number of nitriles is 2. The maximum absolute atomic E-state index is 14.1. The van der Waals surface area contributed by atoms with Gasteiger partial charge in [0.2, 0.25) is 0 Å². The molecule has 21 heavy (non-hydrogen) atoms. The van der Waals surface area contributed by atoms with Crippen LogP contribution in [0.15, 0.2) is 21.4 Å². The standard InChI is InChI=1S/C13H5BrF2N4O/c14-7-1-2-8(15)11(16)10(7)9-5(3-17)12(19)20-13(21)6(9)4-18/h1-2H,(H3,19,20,21). The zero-order valence-electron chi connectivity index (χ0n) is 10.2. The van der Waals surface area contributed by atoms with Crippen molar-refractivity contribution in [2.45, 2.75) is 0 Å². The number of nitrogens with one attached hydrogen (secondary N) is 1. The summed E-state index contributed by atoms with van der Waals surface area (Å²) in [4.78, 5) is 13.9. The molecule has 0 unspecified atom stereocenters. The number of nitrogens with two attached hydrogens (primary N) is 1. The Hall–Kier alpha value is -2.71. The van der Waals surface area contributed by atoms with Crippen LogP contribution < -0.4 is 11.3 Å². The van der Waals surface area contributed by atoms with Gasteiger partial charge in [0.25, 0.3) is 5.56 Å². The fourth-order valence-electron chi connectivity index (χ4n) is 1.85. The van der Waals surface area contributed by atoms with Gasteiger partial charge >= 0.3 is 0 Å². The molecule has 0 radical (unpaired) electrons. The first kappa shape index (κ1) is 14.7. The lowest BCUT2D eigenvalue weighted by Gasteiger charge is -2.11. The molecule has 2 rings (SSSR count). The Bertz CT molecular complexity index is 893. The number of aromatic nitrogens is 1. The minimum atomic E-state index is -1.29. The molecular weight excluding hydrogens is 346 g/mol. The van der Waals surface area contributed by atoms with E-state index in [-0.39, 0.29) is 21.4 Å². The van der Waals surface area contributed by atoms with Crippen LogP contribution in [0.25, 0.3) is 11.1 Å². The van der Waals surface area contributed by atoms with Crippen molar-refractivity contribution in [2.75, 3.05) is 5.73 Å². The summed E-state index contributed by atoms with van der Waals surface area (Å²) < 4.78 is 27.6. The molecule has 0 saturated heterocycles. The van der Waals surface area contributed by atoms with Crippen LogP contribution in [0.4, 0.5) is 14.6 Å². The van der Waals surface area contributed by atoms with E-state index in [1.807, 2.05) is 0 Å². The first-order chi connectivity index (χ1) is 9.92. The van der Waals surface area contributed by atoms with Gasteiger partial charge in [0.05, 0.1) is 0 Å². The van der Waals surface area contributed by atoms with Gasteiger partial charge in [-0.25, -0.2) is 8.78 Å². The van der Waals surface area contributed by atoms with Crippen molar-refractivity contribution in [3.8, 4) is 23.3 Å². The van der Waals surface area contributed by atoms with E-state index in [1.54, 1.807) is 12.1 Å². The molecule has 2 aromatic rings. The zero-order valence-corrected chi connectivity index (χ0v) is 11.8. The first-order valence-electron chi connectivity index (χ1n) is 5.42. The van der Waals surface area contributed by atoms with E-state index in [4.69, 9.17) is 16.3 Å². The van der Waals surface area contributed by atoms with Crippen LogP contribution in [-0.4, -0.2) is 4.98 Å². The van der Waals surface area contributed by atoms with E-state index < -0.39 is 28.3 Å². The Kier molecular flexibility index (Phi) is 3.74. The van der Waals surface area contributed by atoms with Gasteiger partial charge in [-0.05, 0) is 12.1 Å². The van der Waals surface area contributed by atoms with Gasteiger partial charge in [-0.2, -0.15) is 10.5 Å². The highest BCUT2D eigenvalue weighted by atomic mass is 79.9. The van der Waals surface area contributed by atoms with E-state index in [0.717, 1.165) is 6.07 Å². The predicted molar refractivity (Wildman–Crippen MR) is 74.0 cm³/mol. The highest BCUT2D eigenvalue weighted by Gasteiger charge is 2.24. The third kappa shape index (κ3) is 2.26. The minimum absolute atomic E-state index is 0.0828. The molecule has 0 aliphatic rings. The molecule has 1 heterocycles. The van der Waals surface area contributed by atoms with E-state index in [1.165, 1.54) is 6.07 Å². The molecule has 3 N–H and O–H groups in total. The highest BCUT2D eigenvalue weighted by molar-refractivity contribution is 9.10. The van der Waals surface area contributed by atoms with Gasteiger partial charge in [0, 0.05) is 15.6 Å². The van der Waals surface area contributed by atoms with Crippen LogP contribution in [0.1, 0.15) is 11.1 Å². The monoisotopic (exact) mass is 350 g/mol. The summed E-state index contributed by atoms with van der Waals surface area (Å²) in [6.45, 7) is 0. The van der Waals surface area contributed by atoms with E-state index in [2.05, 4.69) is 20.9 Å². The number of nitrogens with zero attached hydrogens (tertiary/aromatic N) is 2. The van der Waals surface area contributed by atoms with E-state index >= 15 is 0 Å². The number of rotatable bonds is 1. The van der Waals surface area contributed by atoms with Crippen LogP contribution in [0, 0.1) is 34.3 Å². The van der Waals surface area contributed by atoms with Crippen molar-refractivity contribution >= 4 is 21.7 Å². The molecule has 1 aromatic heterocycles. The van der Waals surface area contributed by atoms with E-state index in [0.29, 0.717) is 0 Å². The van der Waals surface area contributed by atoms with Gasteiger partial charge < -0.3 is 10.7 Å².